The summed E-state index contributed by atoms with van der Waals surface area (Å²) in [4.78, 5) is 0. The van der Waals surface area contributed by atoms with Gasteiger partial charge in [-0.05, 0) is 141 Å². The van der Waals surface area contributed by atoms with Gasteiger partial charge in [0.2, 0.25) is 0 Å². The van der Waals surface area contributed by atoms with Crippen molar-refractivity contribution >= 4 is 11.0 Å². The van der Waals surface area contributed by atoms with Crippen molar-refractivity contribution in [1.82, 2.24) is 9.13 Å². The summed E-state index contributed by atoms with van der Waals surface area (Å²) in [6, 6.07) is 43.9. The first-order valence-electron chi connectivity index (χ1n) is 19.1. The van der Waals surface area contributed by atoms with Crippen LogP contribution in [0.3, 0.4) is 0 Å². The van der Waals surface area contributed by atoms with Gasteiger partial charge >= 0.3 is 12.4 Å². The van der Waals surface area contributed by atoms with Crippen molar-refractivity contribution in [2.45, 2.75) is 40.0 Å². The number of halogens is 6. The molecular weight excluding hydrogens is 767 g/mol. The van der Waals surface area contributed by atoms with E-state index in [2.05, 4.69) is 138 Å². The van der Waals surface area contributed by atoms with Gasteiger partial charge in [0.1, 0.15) is 0 Å². The monoisotopic (exact) mass is 802 g/mol. The zero-order chi connectivity index (χ0) is 42.3. The third-order valence-electron chi connectivity index (χ3n) is 10.2. The van der Waals surface area contributed by atoms with Gasteiger partial charge in [-0.2, -0.15) is 26.3 Å². The summed E-state index contributed by atoms with van der Waals surface area (Å²) in [5.74, 6) is 11.9. The quantitative estimate of drug-likeness (QED) is 0.124. The van der Waals surface area contributed by atoms with Gasteiger partial charge in [-0.25, -0.2) is 0 Å². The van der Waals surface area contributed by atoms with Gasteiger partial charge in [-0.3, -0.25) is 0 Å². The molecule has 296 valence electrons. The molecule has 0 radical (unpaired) electrons. The van der Waals surface area contributed by atoms with Crippen LogP contribution in [0.2, 0.25) is 0 Å². The highest BCUT2D eigenvalue weighted by molar-refractivity contribution is 5.94. The van der Waals surface area contributed by atoms with E-state index in [-0.39, 0.29) is 11.6 Å². The third kappa shape index (κ3) is 8.37. The predicted molar refractivity (Wildman–Crippen MR) is 227 cm³/mol. The maximum absolute atomic E-state index is 13.5. The Hall–Kier alpha value is -7.16. The van der Waals surface area contributed by atoms with E-state index in [1.54, 1.807) is 12.1 Å². The molecule has 2 nitrogen and oxygen atoms in total. The molecule has 0 saturated carbocycles. The largest absolute Gasteiger partial charge is 0.416 e. The van der Waals surface area contributed by atoms with Gasteiger partial charge in [0.15, 0.2) is 0 Å². The maximum atomic E-state index is 13.5. The van der Waals surface area contributed by atoms with Crippen molar-refractivity contribution in [2.24, 2.45) is 0 Å². The lowest BCUT2D eigenvalue weighted by atomic mass is 10.0. The van der Waals surface area contributed by atoms with E-state index < -0.39 is 23.5 Å². The zero-order valence-electron chi connectivity index (χ0n) is 33.0. The summed E-state index contributed by atoms with van der Waals surface area (Å²) < 4.78 is 85.2. The molecule has 0 aliphatic heterocycles. The Labute approximate surface area is 344 Å². The van der Waals surface area contributed by atoms with Gasteiger partial charge in [0.25, 0.3) is 0 Å². The fourth-order valence-electron chi connectivity index (χ4n) is 7.33. The number of benzene rings is 6. The van der Waals surface area contributed by atoms with Gasteiger partial charge in [-0.1, -0.05) is 89.4 Å². The van der Waals surface area contributed by atoms with Crippen LogP contribution in [0.25, 0.3) is 44.9 Å². The lowest BCUT2D eigenvalue weighted by molar-refractivity contribution is -0.143. The molecule has 2 heterocycles. The molecule has 2 aromatic heterocycles. The Morgan fingerprint density at radius 1 is 0.350 bits per heavy atom. The van der Waals surface area contributed by atoms with Gasteiger partial charge in [-0.15, -0.1) is 0 Å². The first-order valence-corrected chi connectivity index (χ1v) is 19.1. The topological polar surface area (TPSA) is 9.86 Å². The Kier molecular flexibility index (Phi) is 10.3. The van der Waals surface area contributed by atoms with E-state index in [0.29, 0.717) is 17.7 Å². The van der Waals surface area contributed by atoms with Crippen molar-refractivity contribution in [3.63, 3.8) is 0 Å². The van der Waals surface area contributed by atoms with E-state index >= 15 is 0 Å². The molecule has 0 unspecified atom stereocenters. The minimum Gasteiger partial charge on any atom is -0.308 e. The second kappa shape index (κ2) is 15.5. The van der Waals surface area contributed by atoms with E-state index in [1.165, 1.54) is 11.1 Å². The smallest absolute Gasteiger partial charge is 0.308 e. The normalized spacial score (nSPS) is 11.6. The molecule has 8 aromatic rings. The standard InChI is InChI=1S/C52H36F6N2/c1-33-5-21-45(22-6-33)59-47(41-17-13-37(14-18-41)9-11-39-26-35(3)25-36(4)27-39)31-49-50(59)32-48(60(49)46-23-7-34(2)8-24-46)42-19-15-38(16-20-42)10-12-40-28-43(51(53,54)55)30-44(29-40)52(56,57)58/h5-8,13-32H,1-4H3. The summed E-state index contributed by atoms with van der Waals surface area (Å²) in [5, 5.41) is 0. The number of rotatable bonds is 4. The second-order valence-corrected chi connectivity index (χ2v) is 15.0. The Balaban J connectivity index is 1.22. The molecule has 0 aliphatic carbocycles. The molecule has 8 rings (SSSR count). The van der Waals surface area contributed by atoms with E-state index in [1.807, 2.05) is 38.1 Å². The summed E-state index contributed by atoms with van der Waals surface area (Å²) in [7, 11) is 0. The van der Waals surface area contributed by atoms with Crippen LogP contribution in [0.4, 0.5) is 26.3 Å². The molecule has 0 bridgehead atoms. The van der Waals surface area contributed by atoms with Crippen LogP contribution in [0, 0.1) is 51.4 Å². The first kappa shape index (κ1) is 39.7. The summed E-state index contributed by atoms with van der Waals surface area (Å²) in [6.45, 7) is 8.21. The SMILES string of the molecule is Cc1ccc(-n2c(-c3ccc(C#Cc4cc(C)cc(C)c4)cc3)cc3c2cc(-c2ccc(C#Cc4cc(C(F)(F)F)cc(C(F)(F)F)c4)cc2)n3-c2ccc(C)cc2)cc1. The Morgan fingerprint density at radius 2 is 0.700 bits per heavy atom. The molecule has 0 saturated heterocycles. The van der Waals surface area contributed by atoms with Crippen LogP contribution in [-0.4, -0.2) is 9.13 Å². The highest BCUT2D eigenvalue weighted by Crippen LogP contribution is 2.39. The third-order valence-corrected chi connectivity index (χ3v) is 10.2. The van der Waals surface area contributed by atoms with Gasteiger partial charge < -0.3 is 9.13 Å². The molecule has 0 N–H and O–H groups in total. The molecule has 60 heavy (non-hydrogen) atoms. The average Bonchev–Trinajstić information content (AvgIpc) is 3.76. The lowest BCUT2D eigenvalue weighted by Gasteiger charge is -2.12. The molecule has 0 atom stereocenters. The molecular formula is C52H36F6N2. The van der Waals surface area contributed by atoms with Crippen LogP contribution in [-0.2, 0) is 12.4 Å². The highest BCUT2D eigenvalue weighted by Gasteiger charge is 2.36. The van der Waals surface area contributed by atoms with Crippen molar-refractivity contribution in [3.05, 3.63) is 201 Å². The van der Waals surface area contributed by atoms with Crippen LogP contribution < -0.4 is 0 Å². The number of hydrogen-bond donors (Lipinski definition) is 0. The van der Waals surface area contributed by atoms with Crippen LogP contribution in [0.15, 0.2) is 146 Å². The lowest BCUT2D eigenvalue weighted by Crippen LogP contribution is -2.11. The van der Waals surface area contributed by atoms with E-state index in [9.17, 15) is 26.3 Å². The molecule has 0 spiro atoms. The first-order chi connectivity index (χ1) is 28.6. The zero-order valence-corrected chi connectivity index (χ0v) is 33.0. The molecule has 8 heteroatoms. The van der Waals surface area contributed by atoms with Crippen molar-refractivity contribution in [1.29, 1.82) is 0 Å². The van der Waals surface area contributed by atoms with E-state index in [0.717, 1.165) is 67.2 Å². The highest BCUT2D eigenvalue weighted by atomic mass is 19.4. The second-order valence-electron chi connectivity index (χ2n) is 15.0. The molecule has 0 fully saturated rings. The number of aryl methyl sites for hydroxylation is 4. The van der Waals surface area contributed by atoms with Crippen molar-refractivity contribution < 1.29 is 26.3 Å². The average molecular weight is 803 g/mol. The minimum atomic E-state index is -4.96. The molecule has 0 amide bonds. The summed E-state index contributed by atoms with van der Waals surface area (Å²) in [6.07, 6.45) is -9.92. The molecule has 0 aliphatic rings. The van der Waals surface area contributed by atoms with Gasteiger partial charge in [0.05, 0.1) is 33.5 Å². The summed E-state index contributed by atoms with van der Waals surface area (Å²) >= 11 is 0. The van der Waals surface area contributed by atoms with E-state index in [4.69, 9.17) is 0 Å². The van der Waals surface area contributed by atoms with Crippen molar-refractivity contribution in [3.8, 4) is 57.6 Å². The predicted octanol–water partition coefficient (Wildman–Crippen LogP) is 13.8. The summed E-state index contributed by atoms with van der Waals surface area (Å²) in [5.41, 5.74) is 11.2. The van der Waals surface area contributed by atoms with Crippen molar-refractivity contribution in [2.75, 3.05) is 0 Å². The fraction of sp³-hybridized carbons (Fsp3) is 0.115. The number of aromatic nitrogens is 2. The Bertz CT molecular complexity index is 2960. The molecule has 6 aromatic carbocycles. The van der Waals surface area contributed by atoms with Crippen LogP contribution >= 0.6 is 0 Å². The van der Waals surface area contributed by atoms with Crippen LogP contribution in [0.1, 0.15) is 55.6 Å². The number of nitrogens with zero attached hydrogens (tertiary/aromatic N) is 2. The Morgan fingerprint density at radius 3 is 1.07 bits per heavy atom. The van der Waals surface area contributed by atoms with Crippen LogP contribution in [0.5, 0.6) is 0 Å². The number of fused-ring (bicyclic) bond motifs is 1. The number of alkyl halides is 6. The maximum Gasteiger partial charge on any atom is 0.416 e. The fourth-order valence-corrected chi connectivity index (χ4v) is 7.33. The minimum absolute atomic E-state index is 0.0961. The number of hydrogen-bond acceptors (Lipinski definition) is 0. The van der Waals surface area contributed by atoms with Gasteiger partial charge in [0, 0.05) is 33.6 Å².